The lowest BCUT2D eigenvalue weighted by Gasteiger charge is -2.43. The summed E-state index contributed by atoms with van der Waals surface area (Å²) in [6.07, 6.45) is 3.94. The molecule has 1 amide bonds. The maximum Gasteiger partial charge on any atom is 0.251 e. The molecule has 0 aromatic heterocycles. The summed E-state index contributed by atoms with van der Waals surface area (Å²) in [5.41, 5.74) is 8.51. The highest BCUT2D eigenvalue weighted by Crippen LogP contribution is 2.43. The van der Waals surface area contributed by atoms with Gasteiger partial charge in [-0.1, -0.05) is 34.3 Å². The van der Waals surface area contributed by atoms with Crippen LogP contribution in [0.25, 0.3) is 0 Å². The second kappa shape index (κ2) is 12.1. The molecule has 1 aliphatic heterocycles. The topological polar surface area (TPSA) is 89.7 Å². The summed E-state index contributed by atoms with van der Waals surface area (Å²) in [6.45, 7) is 7.73. The molecular weight excluding hydrogens is 536 g/mol. The Labute approximate surface area is 230 Å². The molecule has 0 bridgehead atoms. The zero-order valence-electron chi connectivity index (χ0n) is 21.1. The van der Waals surface area contributed by atoms with Crippen LogP contribution in [0, 0.1) is 5.82 Å². The van der Waals surface area contributed by atoms with Crippen molar-refractivity contribution in [3.63, 3.8) is 0 Å². The van der Waals surface area contributed by atoms with Crippen LogP contribution in [-0.4, -0.2) is 55.4 Å². The van der Waals surface area contributed by atoms with Gasteiger partial charge in [0.05, 0.1) is 5.56 Å². The number of carbonyl (C=O) groups is 1. The van der Waals surface area contributed by atoms with Crippen LogP contribution in [0.5, 0.6) is 0 Å². The first-order valence-corrected chi connectivity index (χ1v) is 14.6. The number of halogens is 3. The normalized spacial score (nSPS) is 22.2. The zero-order chi connectivity index (χ0) is 26.9. The van der Waals surface area contributed by atoms with Gasteiger partial charge in [0, 0.05) is 53.6 Å². The second-order valence-electron chi connectivity index (χ2n) is 10.3. The molecule has 3 aliphatic rings. The molecule has 5 rings (SSSR count). The van der Waals surface area contributed by atoms with Crippen LogP contribution >= 0.6 is 23.2 Å². The fraction of sp³-hybridized carbons (Fsp3) is 0.519. The fourth-order valence-corrected chi connectivity index (χ4v) is 6.07. The van der Waals surface area contributed by atoms with E-state index in [1.54, 1.807) is 12.1 Å². The van der Waals surface area contributed by atoms with Gasteiger partial charge in [-0.3, -0.25) is 18.8 Å². The quantitative estimate of drug-likeness (QED) is 0.451. The standard InChI is InChI=1S/C24H28Cl2FN3O.C3H6O2S/c1-14-12-29(5-6-30(14)15(2)17-7-19(25)10-20(26)8-17)13-18-9-23(27)22(24(28)31)11-21(18)16-3-4-16;4-6(5)3-1-2-3/h7-11,14-16H,3-6,12-13H2,1-2H3,(H2,28,31);3H,1-2H2,(H,4,5)/p-1/t14-,15+;/m0./s1. The van der Waals surface area contributed by atoms with E-state index < -0.39 is 22.8 Å². The van der Waals surface area contributed by atoms with Crippen molar-refractivity contribution in [1.82, 2.24) is 9.80 Å². The summed E-state index contributed by atoms with van der Waals surface area (Å²) in [6, 6.07) is 9.41. The first kappa shape index (κ1) is 28.5. The average molecular weight is 570 g/mol. The van der Waals surface area contributed by atoms with Crippen molar-refractivity contribution < 1.29 is 17.9 Å². The second-order valence-corrected chi connectivity index (χ2v) is 12.4. The van der Waals surface area contributed by atoms with E-state index in [1.165, 1.54) is 6.07 Å². The Kier molecular flexibility index (Phi) is 9.30. The van der Waals surface area contributed by atoms with E-state index in [4.69, 9.17) is 28.9 Å². The third kappa shape index (κ3) is 7.52. The van der Waals surface area contributed by atoms with Gasteiger partial charge >= 0.3 is 0 Å². The molecule has 2 aliphatic carbocycles. The molecule has 1 heterocycles. The number of hydrogen-bond acceptors (Lipinski definition) is 5. The highest BCUT2D eigenvalue weighted by atomic mass is 35.5. The zero-order valence-corrected chi connectivity index (χ0v) is 23.4. The summed E-state index contributed by atoms with van der Waals surface area (Å²) < 4.78 is 34.0. The maximum atomic E-state index is 14.5. The third-order valence-corrected chi connectivity index (χ3v) is 8.78. The van der Waals surface area contributed by atoms with Gasteiger partial charge < -0.3 is 10.3 Å². The van der Waals surface area contributed by atoms with Crippen LogP contribution in [0.2, 0.25) is 10.0 Å². The number of primary amides is 1. The van der Waals surface area contributed by atoms with Crippen molar-refractivity contribution in [3.05, 3.63) is 68.4 Å². The van der Waals surface area contributed by atoms with Crippen LogP contribution in [0.15, 0.2) is 30.3 Å². The average Bonchev–Trinajstić information content (AvgIpc) is 3.72. The Balaban J connectivity index is 0.000000469. The lowest BCUT2D eigenvalue weighted by molar-refractivity contribution is 0.0503. The minimum Gasteiger partial charge on any atom is -0.772 e. The van der Waals surface area contributed by atoms with E-state index in [2.05, 4.69) is 23.6 Å². The number of carbonyl (C=O) groups excluding carboxylic acids is 1. The van der Waals surface area contributed by atoms with Crippen LogP contribution in [0.3, 0.4) is 0 Å². The predicted molar refractivity (Wildman–Crippen MR) is 145 cm³/mol. The summed E-state index contributed by atoms with van der Waals surface area (Å²) in [7, 11) is 0. The number of nitrogens with two attached hydrogens (primary N) is 1. The molecule has 2 N–H and O–H groups in total. The van der Waals surface area contributed by atoms with Crippen molar-refractivity contribution in [3.8, 4) is 0 Å². The van der Waals surface area contributed by atoms with Gasteiger partial charge in [0.1, 0.15) is 5.82 Å². The van der Waals surface area contributed by atoms with E-state index in [1.807, 2.05) is 12.1 Å². The lowest BCUT2D eigenvalue weighted by Crippen LogP contribution is -2.52. The van der Waals surface area contributed by atoms with Gasteiger partial charge in [-0.05, 0) is 92.5 Å². The van der Waals surface area contributed by atoms with Crippen LogP contribution < -0.4 is 5.73 Å². The van der Waals surface area contributed by atoms with E-state index in [0.717, 1.165) is 62.0 Å². The molecule has 2 aromatic carbocycles. The van der Waals surface area contributed by atoms with Crippen molar-refractivity contribution in [2.45, 2.75) is 69.3 Å². The van der Waals surface area contributed by atoms with Crippen LogP contribution in [0.1, 0.15) is 78.5 Å². The minimum atomic E-state index is -1.76. The molecule has 3 atom stereocenters. The lowest BCUT2D eigenvalue weighted by atomic mass is 9.98. The van der Waals surface area contributed by atoms with Gasteiger partial charge in [0.15, 0.2) is 0 Å². The molecule has 0 radical (unpaired) electrons. The van der Waals surface area contributed by atoms with E-state index >= 15 is 0 Å². The highest BCUT2D eigenvalue weighted by Gasteiger charge is 2.31. The summed E-state index contributed by atoms with van der Waals surface area (Å²) in [5.74, 6) is -0.812. The number of rotatable bonds is 7. The smallest absolute Gasteiger partial charge is 0.251 e. The van der Waals surface area contributed by atoms with Gasteiger partial charge in [-0.15, -0.1) is 0 Å². The molecule has 2 aromatic rings. The Morgan fingerprint density at radius 1 is 1.14 bits per heavy atom. The molecule has 10 heteroatoms. The fourth-order valence-electron chi connectivity index (χ4n) is 5.01. The van der Waals surface area contributed by atoms with Crippen molar-refractivity contribution in [2.24, 2.45) is 5.73 Å². The summed E-state index contributed by atoms with van der Waals surface area (Å²) in [4.78, 5) is 16.4. The monoisotopic (exact) mass is 568 g/mol. The van der Waals surface area contributed by atoms with Gasteiger partial charge in [0.2, 0.25) is 0 Å². The number of hydrogen-bond donors (Lipinski definition) is 1. The molecular formula is C27H33Cl2FN3O3S-. The van der Waals surface area contributed by atoms with Gasteiger partial charge in [-0.2, -0.15) is 0 Å². The van der Waals surface area contributed by atoms with E-state index in [-0.39, 0.29) is 16.9 Å². The molecule has 1 unspecified atom stereocenters. The number of amides is 1. The first-order valence-electron chi connectivity index (χ1n) is 12.7. The molecule has 2 saturated carbocycles. The van der Waals surface area contributed by atoms with Gasteiger partial charge in [-0.25, -0.2) is 4.39 Å². The van der Waals surface area contributed by atoms with Crippen molar-refractivity contribution >= 4 is 40.2 Å². The Morgan fingerprint density at radius 3 is 2.27 bits per heavy atom. The third-order valence-electron chi connectivity index (χ3n) is 7.33. The SMILES string of the molecule is C[C@H](c1cc(Cl)cc(Cl)c1)N1CCN(Cc2cc(F)c(C(N)=O)cc2C2CC2)C[C@@H]1C.O=S([O-])C1CC1. The summed E-state index contributed by atoms with van der Waals surface area (Å²) in [5, 5.41) is 1.31. The molecule has 6 nitrogen and oxygen atoms in total. The predicted octanol–water partition coefficient (Wildman–Crippen LogP) is 5.40. The molecule has 1 saturated heterocycles. The largest absolute Gasteiger partial charge is 0.772 e. The van der Waals surface area contributed by atoms with Gasteiger partial charge in [0.25, 0.3) is 5.91 Å². The molecule has 3 fully saturated rings. The molecule has 37 heavy (non-hydrogen) atoms. The van der Waals surface area contributed by atoms with E-state index in [9.17, 15) is 17.9 Å². The highest BCUT2D eigenvalue weighted by molar-refractivity contribution is 7.80. The molecule has 0 spiro atoms. The number of benzene rings is 2. The van der Waals surface area contributed by atoms with Crippen molar-refractivity contribution in [2.75, 3.05) is 19.6 Å². The Bertz CT molecular complexity index is 1160. The Hall–Kier alpha value is -1.55. The van der Waals surface area contributed by atoms with E-state index in [0.29, 0.717) is 28.5 Å². The number of nitrogens with zero attached hydrogens (tertiary/aromatic N) is 2. The first-order chi connectivity index (χ1) is 17.5. The minimum absolute atomic E-state index is 0.00200. The van der Waals surface area contributed by atoms with Crippen LogP contribution in [0.4, 0.5) is 4.39 Å². The van der Waals surface area contributed by atoms with Crippen molar-refractivity contribution in [1.29, 1.82) is 0 Å². The molecule has 202 valence electrons. The number of piperazine rings is 1. The van der Waals surface area contributed by atoms with Crippen LogP contribution in [-0.2, 0) is 17.6 Å². The maximum absolute atomic E-state index is 14.5. The summed E-state index contributed by atoms with van der Waals surface area (Å²) >= 11 is 10.6. The Morgan fingerprint density at radius 2 is 1.78 bits per heavy atom.